The standard InChI is InChI=1S/C25H27ClFN5O4/c1-12(2)20(25-28-14(4)31-36-25)30-24(35)22(33)21-19(26)18(17-7-5-6-10-32(17)21)23(34)29-15-8-9-16(27)13(3)11-15/h8-9,11-12,20H,5-7,10H2,1-4H3,(H,29,34)(H,30,35)/t20-/m0/s1. The summed E-state index contributed by atoms with van der Waals surface area (Å²) < 4.78 is 20.5. The molecule has 3 heterocycles. The maximum Gasteiger partial charge on any atom is 0.294 e. The number of carbonyl (C=O) groups is 3. The highest BCUT2D eigenvalue weighted by atomic mass is 35.5. The molecule has 1 atom stereocenters. The monoisotopic (exact) mass is 515 g/mol. The van der Waals surface area contributed by atoms with Crippen LogP contribution in [0.4, 0.5) is 10.1 Å². The fourth-order valence-electron chi connectivity index (χ4n) is 4.34. The topological polar surface area (TPSA) is 119 Å². The van der Waals surface area contributed by atoms with Gasteiger partial charge >= 0.3 is 0 Å². The zero-order valence-electron chi connectivity index (χ0n) is 20.4. The Morgan fingerprint density at radius 3 is 2.58 bits per heavy atom. The summed E-state index contributed by atoms with van der Waals surface area (Å²) in [5.41, 5.74) is 1.47. The van der Waals surface area contributed by atoms with Crippen molar-refractivity contribution in [3.63, 3.8) is 0 Å². The van der Waals surface area contributed by atoms with Crippen LogP contribution in [0.1, 0.15) is 76.5 Å². The minimum Gasteiger partial charge on any atom is -0.340 e. The first-order valence-electron chi connectivity index (χ1n) is 11.7. The number of nitrogens with zero attached hydrogens (tertiary/aromatic N) is 3. The predicted molar refractivity (Wildman–Crippen MR) is 131 cm³/mol. The van der Waals surface area contributed by atoms with E-state index in [0.29, 0.717) is 35.7 Å². The number of aromatic nitrogens is 3. The van der Waals surface area contributed by atoms with E-state index in [1.165, 1.54) is 18.2 Å². The van der Waals surface area contributed by atoms with Crippen LogP contribution in [0.15, 0.2) is 22.7 Å². The van der Waals surface area contributed by atoms with Gasteiger partial charge in [0.15, 0.2) is 5.82 Å². The van der Waals surface area contributed by atoms with Gasteiger partial charge < -0.3 is 19.7 Å². The van der Waals surface area contributed by atoms with Crippen molar-refractivity contribution in [2.75, 3.05) is 5.32 Å². The molecule has 0 unspecified atom stereocenters. The summed E-state index contributed by atoms with van der Waals surface area (Å²) in [6.07, 6.45) is 2.10. The highest BCUT2D eigenvalue weighted by Gasteiger charge is 2.35. The molecule has 0 spiro atoms. The molecule has 190 valence electrons. The SMILES string of the molecule is Cc1noc([C@@H](NC(=O)C(=O)c2c(Cl)c(C(=O)Nc3ccc(F)c(C)c3)c3n2CCCC3)C(C)C)n1. The molecule has 0 fully saturated rings. The summed E-state index contributed by atoms with van der Waals surface area (Å²) in [7, 11) is 0. The van der Waals surface area contributed by atoms with Crippen molar-refractivity contribution >= 4 is 34.9 Å². The largest absolute Gasteiger partial charge is 0.340 e. The summed E-state index contributed by atoms with van der Waals surface area (Å²) in [5, 5.41) is 9.07. The van der Waals surface area contributed by atoms with Crippen LogP contribution in [-0.4, -0.2) is 32.3 Å². The van der Waals surface area contributed by atoms with Gasteiger partial charge in [-0.25, -0.2) is 4.39 Å². The Bertz CT molecular complexity index is 1350. The Morgan fingerprint density at radius 1 is 1.19 bits per heavy atom. The van der Waals surface area contributed by atoms with Gasteiger partial charge in [0.25, 0.3) is 17.6 Å². The first-order valence-corrected chi connectivity index (χ1v) is 12.1. The summed E-state index contributed by atoms with van der Waals surface area (Å²) in [6.45, 7) is 7.39. The van der Waals surface area contributed by atoms with Crippen molar-refractivity contribution in [3.8, 4) is 0 Å². The minimum atomic E-state index is -0.890. The molecule has 2 N–H and O–H groups in total. The molecule has 9 nitrogen and oxygen atoms in total. The van der Waals surface area contributed by atoms with Crippen molar-refractivity contribution in [1.82, 2.24) is 20.0 Å². The van der Waals surface area contributed by atoms with Crippen LogP contribution in [0.2, 0.25) is 5.02 Å². The van der Waals surface area contributed by atoms with E-state index in [2.05, 4.69) is 20.8 Å². The molecule has 1 aliphatic rings. The zero-order chi connectivity index (χ0) is 26.1. The first kappa shape index (κ1) is 25.6. The molecule has 0 aliphatic carbocycles. The molecule has 0 saturated carbocycles. The second-order valence-corrected chi connectivity index (χ2v) is 9.59. The van der Waals surface area contributed by atoms with E-state index in [-0.39, 0.29) is 33.9 Å². The van der Waals surface area contributed by atoms with Crippen LogP contribution in [0.5, 0.6) is 0 Å². The van der Waals surface area contributed by atoms with Gasteiger partial charge in [-0.3, -0.25) is 14.4 Å². The second kappa shape index (κ2) is 10.2. The molecular weight excluding hydrogens is 489 g/mol. The average molecular weight is 516 g/mol. The van der Waals surface area contributed by atoms with Crippen LogP contribution in [0, 0.1) is 25.6 Å². The molecule has 0 bridgehead atoms. The van der Waals surface area contributed by atoms with Gasteiger partial charge in [-0.2, -0.15) is 4.98 Å². The fraction of sp³-hybridized carbons (Fsp3) is 0.400. The van der Waals surface area contributed by atoms with Gasteiger partial charge in [0.05, 0.1) is 10.6 Å². The number of rotatable bonds is 7. The Morgan fingerprint density at radius 2 is 1.94 bits per heavy atom. The molecule has 4 rings (SSSR count). The van der Waals surface area contributed by atoms with E-state index in [1.54, 1.807) is 18.4 Å². The van der Waals surface area contributed by atoms with Crippen molar-refractivity contribution in [2.24, 2.45) is 5.92 Å². The number of halogens is 2. The summed E-state index contributed by atoms with van der Waals surface area (Å²) >= 11 is 6.61. The number of amides is 2. The molecule has 0 saturated heterocycles. The van der Waals surface area contributed by atoms with Gasteiger partial charge in [-0.1, -0.05) is 30.6 Å². The molecule has 11 heteroatoms. The number of Topliss-reactive ketones (excluding diaryl/α,β-unsaturated/α-hetero) is 1. The normalized spacial score (nSPS) is 13.9. The molecule has 2 amide bonds. The molecule has 1 aliphatic heterocycles. The van der Waals surface area contributed by atoms with Crippen LogP contribution >= 0.6 is 11.6 Å². The molecule has 3 aromatic rings. The smallest absolute Gasteiger partial charge is 0.294 e. The summed E-state index contributed by atoms with van der Waals surface area (Å²) in [6, 6.07) is 3.54. The number of ketones is 1. The number of fused-ring (bicyclic) bond motifs is 1. The van der Waals surface area contributed by atoms with Crippen LogP contribution < -0.4 is 10.6 Å². The lowest BCUT2D eigenvalue weighted by Crippen LogP contribution is -2.38. The van der Waals surface area contributed by atoms with Crippen molar-refractivity contribution < 1.29 is 23.3 Å². The van der Waals surface area contributed by atoms with E-state index in [0.717, 1.165) is 12.8 Å². The van der Waals surface area contributed by atoms with Crippen molar-refractivity contribution in [3.05, 3.63) is 63.3 Å². The first-order chi connectivity index (χ1) is 17.1. The third kappa shape index (κ3) is 4.90. The maximum atomic E-state index is 13.6. The van der Waals surface area contributed by atoms with Gasteiger partial charge in [0.2, 0.25) is 5.89 Å². The van der Waals surface area contributed by atoms with E-state index in [1.807, 2.05) is 13.8 Å². The Hall–Kier alpha value is -3.53. The van der Waals surface area contributed by atoms with Crippen LogP contribution in [-0.2, 0) is 17.8 Å². The number of hydrogen-bond donors (Lipinski definition) is 2. The van der Waals surface area contributed by atoms with Gasteiger partial charge in [0.1, 0.15) is 17.6 Å². The third-order valence-corrected chi connectivity index (χ3v) is 6.55. The lowest BCUT2D eigenvalue weighted by Gasteiger charge is -2.20. The summed E-state index contributed by atoms with van der Waals surface area (Å²) in [5.74, 6) is -2.20. The van der Waals surface area contributed by atoms with Gasteiger partial charge in [-0.15, -0.1) is 0 Å². The number of hydrogen-bond acceptors (Lipinski definition) is 6. The van der Waals surface area contributed by atoms with Crippen LogP contribution in [0.3, 0.4) is 0 Å². The predicted octanol–water partition coefficient (Wildman–Crippen LogP) is 4.57. The second-order valence-electron chi connectivity index (χ2n) is 9.22. The van der Waals surface area contributed by atoms with Crippen molar-refractivity contribution in [1.29, 1.82) is 0 Å². The Kier molecular flexibility index (Phi) is 7.26. The van der Waals surface area contributed by atoms with E-state index in [9.17, 15) is 18.8 Å². The quantitative estimate of drug-likeness (QED) is 0.351. The zero-order valence-corrected chi connectivity index (χ0v) is 21.2. The van der Waals surface area contributed by atoms with Gasteiger partial charge in [-0.05, 0) is 62.8 Å². The number of anilines is 1. The Labute approximate surface area is 212 Å². The minimum absolute atomic E-state index is 0.0338. The molecule has 36 heavy (non-hydrogen) atoms. The lowest BCUT2D eigenvalue weighted by atomic mass is 10.0. The highest BCUT2D eigenvalue weighted by molar-refractivity contribution is 6.48. The highest BCUT2D eigenvalue weighted by Crippen LogP contribution is 2.34. The third-order valence-electron chi connectivity index (χ3n) is 6.18. The molecular formula is C25H27ClFN5O4. The van der Waals surface area contributed by atoms with Gasteiger partial charge in [0, 0.05) is 17.9 Å². The number of nitrogens with one attached hydrogen (secondary N) is 2. The molecule has 2 aromatic heterocycles. The number of benzene rings is 1. The van der Waals surface area contributed by atoms with E-state index >= 15 is 0 Å². The van der Waals surface area contributed by atoms with E-state index in [4.69, 9.17) is 16.1 Å². The number of carbonyl (C=O) groups excluding carboxylic acids is 3. The number of aryl methyl sites for hydroxylation is 2. The van der Waals surface area contributed by atoms with Crippen LogP contribution in [0.25, 0.3) is 0 Å². The van der Waals surface area contributed by atoms with E-state index < -0.39 is 23.6 Å². The maximum absolute atomic E-state index is 13.6. The molecule has 1 aromatic carbocycles. The lowest BCUT2D eigenvalue weighted by molar-refractivity contribution is -0.118. The Balaban J connectivity index is 1.65. The molecule has 0 radical (unpaired) electrons. The fourth-order valence-corrected chi connectivity index (χ4v) is 4.72. The average Bonchev–Trinajstić information content (AvgIpc) is 3.38. The van der Waals surface area contributed by atoms with Crippen molar-refractivity contribution in [2.45, 2.75) is 59.5 Å². The summed E-state index contributed by atoms with van der Waals surface area (Å²) in [4.78, 5) is 43.8.